The van der Waals surface area contributed by atoms with E-state index in [-0.39, 0.29) is 31.4 Å². The number of hydrogen-bond donors (Lipinski definition) is 1. The normalized spacial score (nSPS) is 16.6. The average molecular weight is 631 g/mol. The average Bonchev–Trinajstić information content (AvgIpc) is 3.89. The summed E-state index contributed by atoms with van der Waals surface area (Å²) < 4.78 is 14.2. The molecule has 1 aromatic heterocycles. The molecule has 0 radical (unpaired) electrons. The summed E-state index contributed by atoms with van der Waals surface area (Å²) in [6, 6.07) is 20.8. The molecule has 15 heteroatoms. The van der Waals surface area contributed by atoms with Crippen molar-refractivity contribution in [3.63, 3.8) is 0 Å². The van der Waals surface area contributed by atoms with Crippen LogP contribution in [0.5, 0.6) is 0 Å². The number of carbonyl (C=O) groups excluding carboxylic acids is 2. The van der Waals surface area contributed by atoms with E-state index in [4.69, 9.17) is 20.3 Å². The zero-order valence-electron chi connectivity index (χ0n) is 25.7. The Bertz CT molecular complexity index is 1380. The van der Waals surface area contributed by atoms with E-state index in [0.29, 0.717) is 18.9 Å². The third-order valence-electron chi connectivity index (χ3n) is 7.35. The molecule has 5 rings (SSSR count). The molecule has 45 heavy (non-hydrogen) atoms. The van der Waals surface area contributed by atoms with Gasteiger partial charge in [0.05, 0.1) is 12.1 Å². The number of ether oxygens (including phenoxy) is 2. The summed E-state index contributed by atoms with van der Waals surface area (Å²) in [5.41, 5.74) is 9.91. The van der Waals surface area contributed by atoms with Crippen molar-refractivity contribution >= 4 is 26.6 Å². The highest BCUT2D eigenvalue weighted by molar-refractivity contribution is 6.56. The van der Waals surface area contributed by atoms with Gasteiger partial charge in [0.1, 0.15) is 19.3 Å². The summed E-state index contributed by atoms with van der Waals surface area (Å²) >= 11 is -0.984. The fraction of sp³-hybridized carbons (Fsp3) is 0.467. The first kappa shape index (κ1) is 34.9. The van der Waals surface area contributed by atoms with Crippen molar-refractivity contribution in [3.8, 4) is 6.07 Å². The van der Waals surface area contributed by atoms with Gasteiger partial charge in [-0.25, -0.2) is 13.7 Å². The molecular formula is C30H39AlN10O4. The molecule has 0 bridgehead atoms. The second-order valence-corrected chi connectivity index (χ2v) is 13.5. The third-order valence-corrected chi connectivity index (χ3v) is 9.67. The first-order chi connectivity index (χ1) is 22.0. The molecule has 14 nitrogen and oxygen atoms in total. The van der Waals surface area contributed by atoms with Crippen molar-refractivity contribution in [1.29, 1.82) is 5.26 Å². The van der Waals surface area contributed by atoms with E-state index in [1.54, 1.807) is 4.90 Å². The highest BCUT2D eigenvalue weighted by Crippen LogP contribution is 2.29. The van der Waals surface area contributed by atoms with Crippen LogP contribution in [0.3, 0.4) is 0 Å². The number of amides is 2. The van der Waals surface area contributed by atoms with Crippen molar-refractivity contribution in [2.45, 2.75) is 75.4 Å². The highest BCUT2D eigenvalue weighted by Gasteiger charge is 2.34. The second kappa shape index (κ2) is 19.6. The Morgan fingerprint density at radius 1 is 0.978 bits per heavy atom. The van der Waals surface area contributed by atoms with Gasteiger partial charge in [-0.1, -0.05) is 90.3 Å². The summed E-state index contributed by atoms with van der Waals surface area (Å²) in [6.45, 7) is 5.96. The Morgan fingerprint density at radius 3 is 2.02 bits per heavy atom. The van der Waals surface area contributed by atoms with Crippen LogP contribution in [0, 0.1) is 11.3 Å². The maximum absolute atomic E-state index is 12.1. The number of tetrazole rings is 1. The number of likely N-dealkylation sites (tertiary alicyclic amines) is 2. The number of carbonyl (C=O) groups is 2. The molecular weight excluding hydrogens is 591 g/mol. The van der Waals surface area contributed by atoms with E-state index in [1.165, 1.54) is 4.90 Å². The van der Waals surface area contributed by atoms with Gasteiger partial charge in [-0.15, -0.1) is 10.2 Å². The van der Waals surface area contributed by atoms with Gasteiger partial charge in [-0.3, -0.25) is 9.80 Å². The van der Waals surface area contributed by atoms with Crippen molar-refractivity contribution in [1.82, 2.24) is 30.4 Å². The molecule has 2 aromatic carbocycles. The SMILES string of the molecule is C[CH2][Al]([CH2]C)[N]=[N+]=[N-].N#C[C@@H]1CCCN1C(=O)OCc1ccccc1.O=C(OCc1ccccc1)N1CCC[C@H]1c1nn[nH]n1. The maximum Gasteiger partial charge on any atom is 0.411 e. The number of H-pyrrole nitrogens is 1. The van der Waals surface area contributed by atoms with Crippen LogP contribution in [-0.2, 0) is 22.7 Å². The summed E-state index contributed by atoms with van der Waals surface area (Å²) in [4.78, 5) is 29.8. The molecule has 0 spiro atoms. The fourth-order valence-corrected chi connectivity index (χ4v) is 5.86. The Morgan fingerprint density at radius 2 is 1.53 bits per heavy atom. The van der Waals surface area contributed by atoms with Crippen LogP contribution in [0.25, 0.3) is 10.4 Å². The van der Waals surface area contributed by atoms with Gasteiger partial charge in [-0.05, 0) is 47.3 Å². The number of aromatic nitrogens is 4. The lowest BCUT2D eigenvalue weighted by molar-refractivity contribution is 0.0908. The fourth-order valence-electron chi connectivity index (χ4n) is 4.81. The molecule has 2 aliphatic rings. The number of rotatable bonds is 8. The third kappa shape index (κ3) is 11.4. The summed E-state index contributed by atoms with van der Waals surface area (Å²) in [5, 5.41) is 24.9. The smallest absolute Gasteiger partial charge is 0.411 e. The van der Waals surface area contributed by atoms with Crippen molar-refractivity contribution in [2.75, 3.05) is 13.1 Å². The monoisotopic (exact) mass is 630 g/mol. The number of nitrogens with one attached hydrogen (secondary N) is 1. The maximum atomic E-state index is 12.1. The molecule has 2 amide bonds. The minimum Gasteiger partial charge on any atom is -0.445 e. The second-order valence-electron chi connectivity index (χ2n) is 10.4. The number of hydrogen-bond acceptors (Lipinski definition) is 9. The Hall–Kier alpha value is -4.62. The highest BCUT2D eigenvalue weighted by atomic mass is 27.2. The summed E-state index contributed by atoms with van der Waals surface area (Å²) in [5.74, 6) is 0.541. The van der Waals surface area contributed by atoms with Crippen LogP contribution < -0.4 is 0 Å². The molecule has 2 fully saturated rings. The predicted molar refractivity (Wildman–Crippen MR) is 167 cm³/mol. The lowest BCUT2D eigenvalue weighted by Gasteiger charge is -2.21. The van der Waals surface area contributed by atoms with E-state index >= 15 is 0 Å². The Labute approximate surface area is 267 Å². The van der Waals surface area contributed by atoms with Crippen LogP contribution in [0.2, 0.25) is 10.6 Å². The predicted octanol–water partition coefficient (Wildman–Crippen LogP) is 6.31. The number of nitriles is 1. The molecule has 0 aliphatic carbocycles. The first-order valence-electron chi connectivity index (χ1n) is 15.1. The molecule has 3 heterocycles. The van der Waals surface area contributed by atoms with Crippen molar-refractivity contribution in [3.05, 3.63) is 88.1 Å². The Balaban J connectivity index is 0.000000201. The lowest BCUT2D eigenvalue weighted by atomic mass is 10.2. The molecule has 0 unspecified atom stereocenters. The van der Waals surface area contributed by atoms with E-state index in [0.717, 1.165) is 47.4 Å². The number of azide groups is 1. The van der Waals surface area contributed by atoms with E-state index < -0.39 is 20.5 Å². The zero-order valence-corrected chi connectivity index (χ0v) is 26.9. The molecule has 3 aromatic rings. The molecule has 1 N–H and O–H groups in total. The van der Waals surface area contributed by atoms with Crippen molar-refractivity contribution < 1.29 is 19.1 Å². The van der Waals surface area contributed by atoms with Gasteiger partial charge in [0.2, 0.25) is 0 Å². The van der Waals surface area contributed by atoms with Crippen LogP contribution >= 0.6 is 0 Å². The number of aromatic amines is 1. The van der Waals surface area contributed by atoms with Crippen LogP contribution in [0.15, 0.2) is 64.8 Å². The Kier molecular flexibility index (Phi) is 15.2. The molecule has 2 atom stereocenters. The van der Waals surface area contributed by atoms with Gasteiger partial charge < -0.3 is 9.47 Å². The number of nitrogens with zero attached hydrogens (tertiary/aromatic N) is 9. The topological polar surface area (TPSA) is 186 Å². The minimum atomic E-state index is -0.984. The van der Waals surface area contributed by atoms with Crippen LogP contribution in [0.1, 0.15) is 62.5 Å². The summed E-state index contributed by atoms with van der Waals surface area (Å²) in [7, 11) is 0. The van der Waals surface area contributed by atoms with Gasteiger partial charge >= 0.3 is 26.6 Å². The molecule has 236 valence electrons. The quantitative estimate of drug-likeness (QED) is 0.130. The van der Waals surface area contributed by atoms with E-state index in [1.807, 2.05) is 60.7 Å². The van der Waals surface area contributed by atoms with Crippen molar-refractivity contribution in [2.24, 2.45) is 4.10 Å². The zero-order chi connectivity index (χ0) is 32.3. The van der Waals surface area contributed by atoms with E-state index in [9.17, 15) is 9.59 Å². The standard InChI is InChI=1S/C13H15N5O2.C13H14N2O2.2C2H5.Al.N3/c19-13(20-9-10-5-2-1-3-6-10)18-8-4-7-11(18)12-14-16-17-15-12;14-9-12-7-4-8-15(12)13(16)17-10-11-5-2-1-3-6-11;2*1-2;;1-3-2/h1-3,5-6,11H,4,7-9H2,(H,14,15,16,17);1-3,5-6,12H,4,7-8,10H2;2*1H2,2H3;;/q;;;;+1;-1/t11-;12-;;;;/m00..../s1. The van der Waals surface area contributed by atoms with E-state index in [2.05, 4.69) is 49.6 Å². The lowest BCUT2D eigenvalue weighted by Crippen LogP contribution is -2.34. The summed E-state index contributed by atoms with van der Waals surface area (Å²) in [6.07, 6.45) is 2.65. The molecule has 2 saturated heterocycles. The largest absolute Gasteiger partial charge is 0.445 e. The van der Waals surface area contributed by atoms with Gasteiger partial charge in [-0.2, -0.15) is 10.5 Å². The van der Waals surface area contributed by atoms with Crippen LogP contribution in [0.4, 0.5) is 9.59 Å². The van der Waals surface area contributed by atoms with Gasteiger partial charge in [0.15, 0.2) is 5.82 Å². The molecule has 0 saturated carbocycles. The number of benzene rings is 2. The van der Waals surface area contributed by atoms with Crippen LogP contribution in [-0.4, -0.2) is 76.1 Å². The minimum absolute atomic E-state index is 0.142. The van der Waals surface area contributed by atoms with Gasteiger partial charge in [0, 0.05) is 13.1 Å². The first-order valence-corrected chi connectivity index (χ1v) is 17.3. The van der Waals surface area contributed by atoms with Gasteiger partial charge in [0.25, 0.3) is 0 Å². The molecule has 2 aliphatic heterocycles.